The zero-order valence-electron chi connectivity index (χ0n) is 29.0. The number of fused-ring (bicyclic) bond motifs is 8. The minimum absolute atomic E-state index is 0.0199. The molecule has 1 saturated carbocycles. The van der Waals surface area contributed by atoms with Crippen LogP contribution in [0.3, 0.4) is 0 Å². The second-order valence-corrected chi connectivity index (χ2v) is 16.0. The van der Waals surface area contributed by atoms with Gasteiger partial charge in [0.2, 0.25) is 0 Å². The summed E-state index contributed by atoms with van der Waals surface area (Å²) in [5.41, 5.74) is 12.0. The maximum Gasteiger partial charge on any atom is 0.167 e. The molecule has 0 N–H and O–H groups in total. The summed E-state index contributed by atoms with van der Waals surface area (Å²) >= 11 is 1.88. The van der Waals surface area contributed by atoms with Crippen LogP contribution >= 0.6 is 11.8 Å². The highest BCUT2D eigenvalue weighted by atomic mass is 32.2. The van der Waals surface area contributed by atoms with E-state index in [0.717, 1.165) is 60.1 Å². The van der Waals surface area contributed by atoms with Crippen LogP contribution in [0, 0.1) is 17.2 Å². The van der Waals surface area contributed by atoms with E-state index in [9.17, 15) is 5.26 Å². The van der Waals surface area contributed by atoms with E-state index in [2.05, 4.69) is 103 Å². The Labute approximate surface area is 309 Å². The summed E-state index contributed by atoms with van der Waals surface area (Å²) in [4.78, 5) is 15.4. The molecule has 2 aliphatic heterocycles. The lowest BCUT2D eigenvalue weighted by Crippen LogP contribution is -2.30. The first-order valence-electron chi connectivity index (χ1n) is 18.7. The number of hydrogen-bond donors (Lipinski definition) is 0. The second kappa shape index (κ2) is 12.8. The summed E-state index contributed by atoms with van der Waals surface area (Å²) in [5.74, 6) is 2.71. The molecule has 4 aromatic carbocycles. The third kappa shape index (κ3) is 5.17. The van der Waals surface area contributed by atoms with Crippen LogP contribution in [0.5, 0.6) is 5.75 Å². The van der Waals surface area contributed by atoms with Gasteiger partial charge in [-0.2, -0.15) is 5.26 Å². The SMILES string of the molecule is N#C[C@H]1C=CC2=C(C1)C1(CCCCC1)c1cccc(-c3cccc(-c4nc(-c5ccccc5)nc(-c5cccc6c5OC5C=CCCC6S5)n4)c3)c12. The molecule has 2 unspecified atom stereocenters. The molecule has 10 rings (SSSR count). The molecule has 5 aliphatic rings. The lowest BCUT2D eigenvalue weighted by Gasteiger charge is -2.38. The number of aromatic nitrogens is 3. The molecule has 0 saturated heterocycles. The minimum Gasteiger partial charge on any atom is -0.475 e. The van der Waals surface area contributed by atoms with Gasteiger partial charge in [0, 0.05) is 27.4 Å². The van der Waals surface area contributed by atoms with Crippen molar-refractivity contribution in [1.29, 1.82) is 5.26 Å². The van der Waals surface area contributed by atoms with Crippen molar-refractivity contribution in [3.63, 3.8) is 0 Å². The van der Waals surface area contributed by atoms with Crippen LogP contribution in [-0.2, 0) is 5.41 Å². The summed E-state index contributed by atoms with van der Waals surface area (Å²) in [6.45, 7) is 0. The van der Waals surface area contributed by atoms with Crippen LogP contribution in [-0.4, -0.2) is 20.4 Å². The van der Waals surface area contributed by atoms with E-state index in [1.54, 1.807) is 0 Å². The number of allylic oxidation sites excluding steroid dienone is 5. The average molecular weight is 695 g/mol. The van der Waals surface area contributed by atoms with Gasteiger partial charge in [0.25, 0.3) is 0 Å². The van der Waals surface area contributed by atoms with Gasteiger partial charge in [-0.05, 0) is 78.1 Å². The van der Waals surface area contributed by atoms with Gasteiger partial charge < -0.3 is 4.74 Å². The van der Waals surface area contributed by atoms with Crippen LogP contribution < -0.4 is 4.74 Å². The fourth-order valence-corrected chi connectivity index (χ4v) is 10.6. The van der Waals surface area contributed by atoms with Gasteiger partial charge in [-0.15, -0.1) is 11.8 Å². The van der Waals surface area contributed by atoms with E-state index in [1.807, 2.05) is 30.0 Å². The van der Waals surface area contributed by atoms with Gasteiger partial charge in [0.1, 0.15) is 5.75 Å². The van der Waals surface area contributed by atoms with Crippen molar-refractivity contribution in [2.24, 2.45) is 5.92 Å². The highest BCUT2D eigenvalue weighted by Crippen LogP contribution is 2.59. The molecule has 2 bridgehead atoms. The Kier molecular flexibility index (Phi) is 7.72. The van der Waals surface area contributed by atoms with Crippen molar-refractivity contribution < 1.29 is 4.74 Å². The third-order valence-electron chi connectivity index (χ3n) is 11.7. The Hall–Kier alpha value is -5.25. The van der Waals surface area contributed by atoms with Crippen molar-refractivity contribution >= 4 is 17.3 Å². The van der Waals surface area contributed by atoms with Crippen LogP contribution in [0.4, 0.5) is 0 Å². The lowest BCUT2D eigenvalue weighted by molar-refractivity contribution is 0.322. The molecule has 254 valence electrons. The fraction of sp³-hybridized carbons (Fsp3) is 0.261. The van der Waals surface area contributed by atoms with Crippen LogP contribution in [0.1, 0.15) is 73.3 Å². The van der Waals surface area contributed by atoms with Gasteiger partial charge in [-0.1, -0.05) is 122 Å². The van der Waals surface area contributed by atoms with E-state index in [1.165, 1.54) is 52.7 Å². The third-order valence-corrected chi connectivity index (χ3v) is 13.0. The predicted octanol–water partition coefficient (Wildman–Crippen LogP) is 11.5. The molecule has 3 heterocycles. The molecule has 0 amide bonds. The van der Waals surface area contributed by atoms with E-state index >= 15 is 0 Å². The molecule has 1 fully saturated rings. The maximum absolute atomic E-state index is 9.93. The minimum atomic E-state index is -0.0598. The second-order valence-electron chi connectivity index (χ2n) is 14.7. The number of para-hydroxylation sites is 1. The topological polar surface area (TPSA) is 71.7 Å². The Morgan fingerprint density at radius 1 is 0.750 bits per heavy atom. The first-order valence-corrected chi connectivity index (χ1v) is 19.6. The molecule has 3 aliphatic carbocycles. The van der Waals surface area contributed by atoms with Crippen molar-refractivity contribution in [3.05, 3.63) is 138 Å². The number of benzene rings is 4. The highest BCUT2D eigenvalue weighted by molar-refractivity contribution is 8.00. The molecule has 5 aromatic rings. The fourth-order valence-electron chi connectivity index (χ4n) is 9.28. The largest absolute Gasteiger partial charge is 0.475 e. The van der Waals surface area contributed by atoms with Crippen molar-refractivity contribution in [3.8, 4) is 57.1 Å². The number of nitrogens with zero attached hydrogens (tertiary/aromatic N) is 4. The number of hydrogen-bond acceptors (Lipinski definition) is 6. The first kappa shape index (κ1) is 31.5. The van der Waals surface area contributed by atoms with Crippen molar-refractivity contribution in [1.82, 2.24) is 15.0 Å². The Balaban J connectivity index is 1.12. The summed E-state index contributed by atoms with van der Waals surface area (Å²) in [7, 11) is 0. The summed E-state index contributed by atoms with van der Waals surface area (Å²) in [6.07, 6.45) is 17.8. The van der Waals surface area contributed by atoms with Crippen LogP contribution in [0.25, 0.3) is 50.9 Å². The summed E-state index contributed by atoms with van der Waals surface area (Å²) < 4.78 is 6.63. The average Bonchev–Trinajstić information content (AvgIpc) is 3.32. The van der Waals surface area contributed by atoms with Gasteiger partial charge in [0.15, 0.2) is 22.9 Å². The molecule has 1 aromatic heterocycles. The Morgan fingerprint density at radius 3 is 2.37 bits per heavy atom. The smallest absolute Gasteiger partial charge is 0.167 e. The van der Waals surface area contributed by atoms with Gasteiger partial charge in [0.05, 0.1) is 17.6 Å². The highest BCUT2D eigenvalue weighted by Gasteiger charge is 2.47. The van der Waals surface area contributed by atoms with E-state index in [4.69, 9.17) is 19.7 Å². The number of rotatable bonds is 4. The quantitative estimate of drug-likeness (QED) is 0.174. The zero-order valence-corrected chi connectivity index (χ0v) is 29.8. The van der Waals surface area contributed by atoms with Crippen LogP contribution in [0.2, 0.25) is 0 Å². The van der Waals surface area contributed by atoms with Crippen LogP contribution in [0.15, 0.2) is 121 Å². The summed E-state index contributed by atoms with van der Waals surface area (Å²) in [5, 5.41) is 10.3. The van der Waals surface area contributed by atoms with Crippen molar-refractivity contribution in [2.75, 3.05) is 0 Å². The molecular formula is C46H38N4OS. The Morgan fingerprint density at radius 2 is 1.50 bits per heavy atom. The molecule has 5 nitrogen and oxygen atoms in total. The van der Waals surface area contributed by atoms with Gasteiger partial charge in [-0.25, -0.2) is 15.0 Å². The van der Waals surface area contributed by atoms with Gasteiger partial charge >= 0.3 is 0 Å². The van der Waals surface area contributed by atoms with E-state index in [-0.39, 0.29) is 16.8 Å². The van der Waals surface area contributed by atoms with Crippen molar-refractivity contribution in [2.45, 2.75) is 67.5 Å². The number of nitriles is 1. The molecule has 6 heteroatoms. The standard InChI is InChI=1S/C46H38N4OS/c47-28-29-22-23-34-38(26-29)46(24-7-2-8-25-46)37-19-11-16-33(41(34)37)31-14-9-15-32(27-31)44-48-43(30-12-3-1-4-13-30)49-45(50-44)36-18-10-17-35-39-20-5-6-21-40(52-39)51-42(35)36/h1,3-4,6,9-19,21-23,27,29,39-40H,2,5,7-8,20,24-26H2/t29-,39?,40?/m0/s1. The molecule has 1 spiro atoms. The number of ether oxygens (including phenoxy) is 1. The summed E-state index contributed by atoms with van der Waals surface area (Å²) in [6, 6.07) is 34.7. The Bertz CT molecular complexity index is 2360. The monoisotopic (exact) mass is 694 g/mol. The first-order chi connectivity index (χ1) is 25.7. The normalized spacial score (nSPS) is 22.2. The lowest BCUT2D eigenvalue weighted by atomic mass is 9.65. The van der Waals surface area contributed by atoms with Gasteiger partial charge in [-0.3, -0.25) is 0 Å². The predicted molar refractivity (Wildman–Crippen MR) is 209 cm³/mol. The van der Waals surface area contributed by atoms with E-state index in [0.29, 0.717) is 22.7 Å². The number of thioether (sulfide) groups is 1. The van der Waals surface area contributed by atoms with E-state index < -0.39 is 0 Å². The zero-order chi connectivity index (χ0) is 34.6. The molecular weight excluding hydrogens is 657 g/mol. The molecule has 52 heavy (non-hydrogen) atoms. The molecule has 3 atom stereocenters. The molecule has 0 radical (unpaired) electrons. The maximum atomic E-state index is 9.93.